The number of rotatable bonds is 5. The molecule has 12 heteroatoms. The van der Waals surface area contributed by atoms with Gasteiger partial charge in [-0.2, -0.15) is 23.0 Å². The summed E-state index contributed by atoms with van der Waals surface area (Å²) in [7, 11) is 0. The van der Waals surface area contributed by atoms with Crippen molar-refractivity contribution in [3.8, 4) is 5.82 Å². The Kier molecular flexibility index (Phi) is 5.57. The van der Waals surface area contributed by atoms with Gasteiger partial charge in [0, 0.05) is 12.7 Å². The fraction of sp³-hybridized carbons (Fsp3) is 0.375. The Labute approximate surface area is 161 Å². The van der Waals surface area contributed by atoms with Gasteiger partial charge in [-0.15, -0.1) is 0 Å². The van der Waals surface area contributed by atoms with E-state index in [1.54, 1.807) is 0 Å². The number of alkyl halides is 3. The fourth-order valence-corrected chi connectivity index (χ4v) is 2.88. The standard InChI is InChI=1S/C16H15ClF3N5O3/c17-13-10(22-6-9-2-3-11(28-9)14(21)26)7-24-25(15(13)27)12-4-1-8(5-23-12)16(18,19)20/h1,4-5,7,9,11,22H,2-3,6H2,(H2,21,26). The second-order valence-electron chi connectivity index (χ2n) is 6.10. The average Bonchev–Trinajstić information content (AvgIpc) is 3.12. The molecule has 1 amide bonds. The van der Waals surface area contributed by atoms with Crippen molar-refractivity contribution in [1.82, 2.24) is 14.8 Å². The highest BCUT2D eigenvalue weighted by molar-refractivity contribution is 6.32. The van der Waals surface area contributed by atoms with Gasteiger partial charge in [-0.3, -0.25) is 9.59 Å². The van der Waals surface area contributed by atoms with Crippen LogP contribution in [0.4, 0.5) is 18.9 Å². The number of carbonyl (C=O) groups excluding carboxylic acids is 1. The Hall–Kier alpha value is -2.66. The van der Waals surface area contributed by atoms with Gasteiger partial charge in [-0.1, -0.05) is 11.6 Å². The largest absolute Gasteiger partial charge is 0.417 e. The Morgan fingerprint density at radius 2 is 2.11 bits per heavy atom. The van der Waals surface area contributed by atoms with Crippen molar-refractivity contribution < 1.29 is 22.7 Å². The van der Waals surface area contributed by atoms with Gasteiger partial charge in [0.1, 0.15) is 11.1 Å². The number of carbonyl (C=O) groups is 1. The predicted molar refractivity (Wildman–Crippen MR) is 93.2 cm³/mol. The monoisotopic (exact) mass is 417 g/mol. The molecule has 3 N–H and O–H groups in total. The zero-order chi connectivity index (χ0) is 20.5. The van der Waals surface area contributed by atoms with Gasteiger partial charge in [-0.25, -0.2) is 4.98 Å². The first-order valence-corrected chi connectivity index (χ1v) is 8.54. The molecule has 0 saturated carbocycles. The summed E-state index contributed by atoms with van der Waals surface area (Å²) in [5.41, 5.74) is 3.72. The number of hydrogen-bond donors (Lipinski definition) is 2. The van der Waals surface area contributed by atoms with E-state index < -0.39 is 29.3 Å². The maximum Gasteiger partial charge on any atom is 0.417 e. The van der Waals surface area contributed by atoms with E-state index in [1.807, 2.05) is 0 Å². The van der Waals surface area contributed by atoms with Gasteiger partial charge in [0.15, 0.2) is 5.82 Å². The topological polar surface area (TPSA) is 112 Å². The van der Waals surface area contributed by atoms with Crippen molar-refractivity contribution in [2.75, 3.05) is 11.9 Å². The first kappa shape index (κ1) is 20.1. The van der Waals surface area contributed by atoms with Crippen molar-refractivity contribution >= 4 is 23.2 Å². The molecular weight excluding hydrogens is 403 g/mol. The van der Waals surface area contributed by atoms with E-state index in [0.717, 1.165) is 16.8 Å². The van der Waals surface area contributed by atoms with Gasteiger partial charge in [-0.05, 0) is 25.0 Å². The number of halogens is 4. The lowest BCUT2D eigenvalue weighted by Gasteiger charge is -2.14. The second-order valence-corrected chi connectivity index (χ2v) is 6.48. The average molecular weight is 418 g/mol. The van der Waals surface area contributed by atoms with Crippen molar-refractivity contribution in [2.24, 2.45) is 5.73 Å². The van der Waals surface area contributed by atoms with Crippen molar-refractivity contribution in [1.29, 1.82) is 0 Å². The highest BCUT2D eigenvalue weighted by atomic mass is 35.5. The first-order chi connectivity index (χ1) is 13.2. The molecule has 0 spiro atoms. The number of amides is 1. The molecule has 3 rings (SSSR count). The van der Waals surface area contributed by atoms with Gasteiger partial charge in [0.25, 0.3) is 5.56 Å². The van der Waals surface area contributed by atoms with Crippen molar-refractivity contribution in [3.63, 3.8) is 0 Å². The summed E-state index contributed by atoms with van der Waals surface area (Å²) >= 11 is 6.06. The first-order valence-electron chi connectivity index (χ1n) is 8.17. The number of ether oxygens (including phenoxy) is 1. The quantitative estimate of drug-likeness (QED) is 0.766. The van der Waals surface area contributed by atoms with E-state index in [1.165, 1.54) is 6.20 Å². The van der Waals surface area contributed by atoms with Crippen molar-refractivity contribution in [2.45, 2.75) is 31.2 Å². The molecule has 1 fully saturated rings. The predicted octanol–water partition coefficient (Wildman–Crippen LogP) is 1.74. The van der Waals surface area contributed by atoms with E-state index in [9.17, 15) is 22.8 Å². The highest BCUT2D eigenvalue weighted by Gasteiger charge is 2.31. The Morgan fingerprint density at radius 1 is 1.36 bits per heavy atom. The van der Waals surface area contributed by atoms with Crippen molar-refractivity contribution in [3.05, 3.63) is 45.5 Å². The molecule has 2 atom stereocenters. The molecule has 0 aromatic carbocycles. The lowest BCUT2D eigenvalue weighted by Crippen LogP contribution is -2.30. The summed E-state index contributed by atoms with van der Waals surface area (Å²) in [6, 6.07) is 1.82. The normalized spacial score (nSPS) is 19.6. The van der Waals surface area contributed by atoms with E-state index >= 15 is 0 Å². The third-order valence-corrected chi connectivity index (χ3v) is 4.52. The lowest BCUT2D eigenvalue weighted by atomic mass is 10.2. The molecule has 0 bridgehead atoms. The van der Waals surface area contributed by atoms with Crippen LogP contribution in [0.5, 0.6) is 0 Å². The second kappa shape index (κ2) is 7.76. The number of anilines is 1. The molecule has 2 aromatic rings. The fourth-order valence-electron chi connectivity index (χ4n) is 2.69. The molecule has 150 valence electrons. The molecule has 3 heterocycles. The zero-order valence-electron chi connectivity index (χ0n) is 14.2. The summed E-state index contributed by atoms with van der Waals surface area (Å²) in [4.78, 5) is 27.1. The van der Waals surface area contributed by atoms with Crippen LogP contribution in [-0.2, 0) is 15.7 Å². The summed E-state index contributed by atoms with van der Waals surface area (Å²) in [6.45, 7) is 0.271. The minimum atomic E-state index is -4.54. The number of nitrogens with zero attached hydrogens (tertiary/aromatic N) is 3. The molecule has 1 saturated heterocycles. The molecule has 0 aliphatic carbocycles. The SMILES string of the molecule is NC(=O)C1CCC(CNc2cnn(-c3ccc(C(F)(F)F)cn3)c(=O)c2Cl)O1. The third-order valence-electron chi connectivity index (χ3n) is 4.16. The van der Waals surface area contributed by atoms with Gasteiger partial charge in [0.2, 0.25) is 5.91 Å². The van der Waals surface area contributed by atoms with Gasteiger partial charge in [0.05, 0.1) is 23.6 Å². The van der Waals surface area contributed by atoms with Gasteiger partial charge >= 0.3 is 6.18 Å². The summed E-state index contributed by atoms with van der Waals surface area (Å²) in [5, 5.41) is 6.59. The number of aromatic nitrogens is 3. The van der Waals surface area contributed by atoms with Gasteiger partial charge < -0.3 is 15.8 Å². The number of nitrogens with one attached hydrogen (secondary N) is 1. The molecule has 1 aliphatic heterocycles. The van der Waals surface area contributed by atoms with Crippen LogP contribution in [0, 0.1) is 0 Å². The number of hydrogen-bond acceptors (Lipinski definition) is 6. The minimum Gasteiger partial charge on any atom is -0.380 e. The molecule has 1 aliphatic rings. The van der Waals surface area contributed by atoms with Crippen LogP contribution >= 0.6 is 11.6 Å². The van der Waals surface area contributed by atoms with Crippen LogP contribution in [0.15, 0.2) is 29.3 Å². The summed E-state index contributed by atoms with van der Waals surface area (Å²) in [6.07, 6.45) is -2.48. The van der Waals surface area contributed by atoms with Crippen LogP contribution in [0.25, 0.3) is 5.82 Å². The van der Waals surface area contributed by atoms with Crippen LogP contribution in [-0.4, -0.2) is 39.4 Å². The Morgan fingerprint density at radius 3 is 2.68 bits per heavy atom. The van der Waals surface area contributed by atoms with Crippen LogP contribution in [0.3, 0.4) is 0 Å². The van der Waals surface area contributed by atoms with Crippen LogP contribution in [0.1, 0.15) is 18.4 Å². The van der Waals surface area contributed by atoms with E-state index in [0.29, 0.717) is 19.0 Å². The Bertz CT molecular complexity index is 933. The molecule has 8 nitrogen and oxygen atoms in total. The smallest absolute Gasteiger partial charge is 0.380 e. The summed E-state index contributed by atoms with van der Waals surface area (Å²) < 4.78 is 44.1. The molecule has 0 radical (unpaired) electrons. The maximum atomic E-state index is 12.6. The highest BCUT2D eigenvalue weighted by Crippen LogP contribution is 2.28. The molecule has 2 unspecified atom stereocenters. The minimum absolute atomic E-state index is 0.102. The number of pyridine rings is 1. The van der Waals surface area contributed by atoms with Crippen LogP contribution in [0.2, 0.25) is 5.02 Å². The van der Waals surface area contributed by atoms with E-state index in [-0.39, 0.29) is 29.2 Å². The molecular formula is C16H15ClF3N5O3. The third kappa shape index (κ3) is 4.25. The molecule has 2 aromatic heterocycles. The zero-order valence-corrected chi connectivity index (χ0v) is 15.0. The number of primary amides is 1. The van der Waals surface area contributed by atoms with E-state index in [4.69, 9.17) is 22.1 Å². The summed E-state index contributed by atoms with van der Waals surface area (Å²) in [5.74, 6) is -0.635. The number of nitrogens with two attached hydrogens (primary N) is 1. The maximum absolute atomic E-state index is 12.6. The van der Waals surface area contributed by atoms with E-state index in [2.05, 4.69) is 15.4 Å². The molecule has 28 heavy (non-hydrogen) atoms. The Balaban J connectivity index is 1.73. The van der Waals surface area contributed by atoms with Crippen LogP contribution < -0.4 is 16.6 Å². The lowest BCUT2D eigenvalue weighted by molar-refractivity contribution is -0.137.